The van der Waals surface area contributed by atoms with Gasteiger partial charge in [0.05, 0.1) is 18.9 Å². The Hall–Kier alpha value is -3.42. The molecular formula is C36H42ClN3O8. The van der Waals surface area contributed by atoms with Gasteiger partial charge in [0.25, 0.3) is 5.91 Å². The average molecular weight is 680 g/mol. The fraction of sp³-hybridized carbons (Fsp3) is 0.472. The number of fused-ring (bicyclic) bond motifs is 4. The highest BCUT2D eigenvalue weighted by atomic mass is 35.5. The molecule has 2 saturated heterocycles. The SMILES string of the molecule is C[C@@H](Cl)[C@@H]1CN(C(=O)c2cc3cc(OCC4CCN(C)CC4)ccc3[nH]2)c2cc(O[C@@H]3OC(CO)[C@H](O)[C@H](O)C3O)c3ccccc3c21. The second-order valence-electron chi connectivity index (χ2n) is 13.4. The Balaban J connectivity index is 1.19. The Labute approximate surface area is 283 Å². The van der Waals surface area contributed by atoms with E-state index < -0.39 is 37.3 Å². The van der Waals surface area contributed by atoms with Gasteiger partial charge in [-0.2, -0.15) is 0 Å². The molecule has 4 aromatic rings. The largest absolute Gasteiger partial charge is 0.493 e. The molecule has 2 fully saturated rings. The van der Waals surface area contributed by atoms with Crippen LogP contribution < -0.4 is 14.4 Å². The number of alkyl halides is 1. The van der Waals surface area contributed by atoms with Crippen LogP contribution in [-0.2, 0) is 4.74 Å². The Morgan fingerprint density at radius 1 is 1.04 bits per heavy atom. The Morgan fingerprint density at radius 3 is 2.52 bits per heavy atom. The van der Waals surface area contributed by atoms with Crippen molar-refractivity contribution in [3.63, 3.8) is 0 Å². The standard InChI is InChI=1S/C36H42ClN3O8/c1-19(37)25-16-40(35(45)27-14-21-13-22(7-8-26(21)38-27)46-18-20-9-11-39(2)12-10-20)28-15-29(23-5-3-4-6-24(23)31(25)28)47-36-34(44)33(43)32(42)30(17-41)48-36/h3-8,13-15,19-20,25,30,32-34,36,38,41-44H,9-12,16-18H2,1-2H3/t19-,25+,30?,32+,33+,34?,36-/m1/s1. The number of likely N-dealkylation sites (tertiary alicyclic amines) is 1. The zero-order chi connectivity index (χ0) is 33.7. The van der Waals surface area contributed by atoms with E-state index in [1.54, 1.807) is 11.0 Å². The zero-order valence-electron chi connectivity index (χ0n) is 27.0. The van der Waals surface area contributed by atoms with E-state index in [9.17, 15) is 25.2 Å². The molecule has 256 valence electrons. The van der Waals surface area contributed by atoms with Crippen molar-refractivity contribution in [1.82, 2.24) is 9.88 Å². The lowest BCUT2D eigenvalue weighted by molar-refractivity contribution is -0.277. The first-order valence-corrected chi connectivity index (χ1v) is 17.0. The molecule has 5 N–H and O–H groups in total. The fourth-order valence-electron chi connectivity index (χ4n) is 7.21. The van der Waals surface area contributed by atoms with Crippen LogP contribution in [0.1, 0.15) is 41.7 Å². The summed E-state index contributed by atoms with van der Waals surface area (Å²) < 4.78 is 18.0. The van der Waals surface area contributed by atoms with E-state index in [0.717, 1.165) is 53.5 Å². The molecule has 0 saturated carbocycles. The quantitative estimate of drug-likeness (QED) is 0.176. The molecule has 7 atom stereocenters. The van der Waals surface area contributed by atoms with E-state index in [0.29, 0.717) is 41.6 Å². The molecule has 0 bridgehead atoms. The van der Waals surface area contributed by atoms with Gasteiger partial charge in [0.1, 0.15) is 41.6 Å². The molecule has 7 rings (SSSR count). The molecule has 4 heterocycles. The number of H-pyrrole nitrogens is 1. The number of nitrogens with one attached hydrogen (secondary N) is 1. The first-order chi connectivity index (χ1) is 23.1. The molecule has 2 unspecified atom stereocenters. The van der Waals surface area contributed by atoms with Gasteiger partial charge in [-0.25, -0.2) is 0 Å². The summed E-state index contributed by atoms with van der Waals surface area (Å²) in [5, 5.41) is 43.1. The van der Waals surface area contributed by atoms with Crippen molar-refractivity contribution in [1.29, 1.82) is 0 Å². The molecule has 11 nitrogen and oxygen atoms in total. The molecule has 0 aliphatic carbocycles. The number of benzene rings is 3. The number of hydrogen-bond acceptors (Lipinski definition) is 9. The van der Waals surface area contributed by atoms with E-state index in [4.69, 9.17) is 25.8 Å². The first kappa shape index (κ1) is 33.1. The van der Waals surface area contributed by atoms with E-state index in [1.165, 1.54) is 0 Å². The second kappa shape index (κ2) is 13.5. The molecule has 1 amide bonds. The van der Waals surface area contributed by atoms with Gasteiger partial charge < -0.3 is 49.4 Å². The summed E-state index contributed by atoms with van der Waals surface area (Å²) in [6.45, 7) is 4.50. The summed E-state index contributed by atoms with van der Waals surface area (Å²) in [6, 6.07) is 16.9. The number of piperidine rings is 1. The summed E-state index contributed by atoms with van der Waals surface area (Å²) >= 11 is 6.76. The minimum Gasteiger partial charge on any atom is -0.493 e. The predicted octanol–water partition coefficient (Wildman–Crippen LogP) is 3.59. The zero-order valence-corrected chi connectivity index (χ0v) is 27.7. The Bertz CT molecular complexity index is 1790. The summed E-state index contributed by atoms with van der Waals surface area (Å²) in [5.41, 5.74) is 2.74. The number of ether oxygens (including phenoxy) is 3. The van der Waals surface area contributed by atoms with Gasteiger partial charge in [-0.15, -0.1) is 11.6 Å². The number of carbonyl (C=O) groups excluding carboxylic acids is 1. The van der Waals surface area contributed by atoms with Gasteiger partial charge in [0.15, 0.2) is 0 Å². The maximum Gasteiger partial charge on any atom is 0.274 e. The van der Waals surface area contributed by atoms with Crippen molar-refractivity contribution in [2.75, 3.05) is 44.8 Å². The number of anilines is 1. The molecule has 3 aromatic carbocycles. The van der Waals surface area contributed by atoms with Crippen molar-refractivity contribution in [3.05, 3.63) is 65.9 Å². The van der Waals surface area contributed by atoms with Gasteiger partial charge in [-0.3, -0.25) is 4.79 Å². The fourth-order valence-corrected chi connectivity index (χ4v) is 7.41. The molecule has 3 aliphatic rings. The second-order valence-corrected chi connectivity index (χ2v) is 14.0. The predicted molar refractivity (Wildman–Crippen MR) is 182 cm³/mol. The summed E-state index contributed by atoms with van der Waals surface area (Å²) in [6.07, 6.45) is -4.98. The van der Waals surface area contributed by atoms with Crippen molar-refractivity contribution in [2.24, 2.45) is 5.92 Å². The number of rotatable bonds is 8. The third-order valence-electron chi connectivity index (χ3n) is 10.1. The van der Waals surface area contributed by atoms with Crippen LogP contribution >= 0.6 is 11.6 Å². The van der Waals surface area contributed by atoms with E-state index in [2.05, 4.69) is 16.9 Å². The van der Waals surface area contributed by atoms with Gasteiger partial charge in [-0.1, -0.05) is 24.3 Å². The van der Waals surface area contributed by atoms with Crippen molar-refractivity contribution >= 4 is 44.9 Å². The lowest BCUT2D eigenvalue weighted by Gasteiger charge is -2.39. The van der Waals surface area contributed by atoms with Crippen LogP contribution in [0, 0.1) is 5.92 Å². The van der Waals surface area contributed by atoms with Crippen molar-refractivity contribution in [3.8, 4) is 11.5 Å². The maximum atomic E-state index is 14.3. The monoisotopic (exact) mass is 679 g/mol. The molecular weight excluding hydrogens is 638 g/mol. The van der Waals surface area contributed by atoms with Crippen LogP contribution in [0.5, 0.6) is 11.5 Å². The summed E-state index contributed by atoms with van der Waals surface area (Å²) in [7, 11) is 2.15. The average Bonchev–Trinajstić information content (AvgIpc) is 3.70. The number of hydrogen-bond donors (Lipinski definition) is 5. The molecule has 3 aliphatic heterocycles. The molecule has 48 heavy (non-hydrogen) atoms. The van der Waals surface area contributed by atoms with Crippen LogP contribution in [0.15, 0.2) is 54.6 Å². The summed E-state index contributed by atoms with van der Waals surface area (Å²) in [4.78, 5) is 21.6. The van der Waals surface area contributed by atoms with Gasteiger partial charge >= 0.3 is 0 Å². The number of aromatic nitrogens is 1. The lowest BCUT2D eigenvalue weighted by atomic mass is 9.92. The van der Waals surface area contributed by atoms with E-state index >= 15 is 0 Å². The third kappa shape index (κ3) is 6.13. The highest BCUT2D eigenvalue weighted by molar-refractivity contribution is 6.22. The summed E-state index contributed by atoms with van der Waals surface area (Å²) in [5.74, 6) is 1.18. The van der Waals surface area contributed by atoms with Crippen molar-refractivity contribution in [2.45, 2.75) is 61.8 Å². The topological polar surface area (TPSA) is 148 Å². The minimum absolute atomic E-state index is 0.180. The number of aromatic amines is 1. The Kier molecular flexibility index (Phi) is 9.29. The third-order valence-corrected chi connectivity index (χ3v) is 10.4. The maximum absolute atomic E-state index is 14.3. The van der Waals surface area contributed by atoms with Gasteiger partial charge in [0, 0.05) is 40.2 Å². The molecule has 0 radical (unpaired) electrons. The molecule has 0 spiro atoms. The number of nitrogens with zero attached hydrogens (tertiary/aromatic N) is 2. The number of carbonyl (C=O) groups is 1. The van der Waals surface area contributed by atoms with Crippen LogP contribution in [0.2, 0.25) is 0 Å². The molecule has 12 heteroatoms. The lowest BCUT2D eigenvalue weighted by Crippen LogP contribution is -2.60. The van der Waals surface area contributed by atoms with E-state index in [1.807, 2.05) is 55.5 Å². The van der Waals surface area contributed by atoms with E-state index in [-0.39, 0.29) is 17.2 Å². The number of aliphatic hydroxyl groups excluding tert-OH is 4. The van der Waals surface area contributed by atoms with Crippen molar-refractivity contribution < 1.29 is 39.4 Å². The Morgan fingerprint density at radius 2 is 1.79 bits per heavy atom. The number of aliphatic hydroxyl groups is 4. The highest BCUT2D eigenvalue weighted by Crippen LogP contribution is 2.48. The highest BCUT2D eigenvalue weighted by Gasteiger charge is 2.45. The van der Waals surface area contributed by atoms with Crippen LogP contribution in [0.3, 0.4) is 0 Å². The molecule has 1 aromatic heterocycles. The number of halogens is 1. The van der Waals surface area contributed by atoms with Crippen LogP contribution in [0.25, 0.3) is 21.7 Å². The normalized spacial score (nSPS) is 27.4. The smallest absolute Gasteiger partial charge is 0.274 e. The van der Waals surface area contributed by atoms with Gasteiger partial charge in [-0.05, 0) is 81.0 Å². The minimum atomic E-state index is -1.59. The van der Waals surface area contributed by atoms with Crippen LogP contribution in [0.4, 0.5) is 5.69 Å². The van der Waals surface area contributed by atoms with Crippen LogP contribution in [-0.4, -0.2) is 112 Å². The first-order valence-electron chi connectivity index (χ1n) is 16.6. The number of amides is 1. The van der Waals surface area contributed by atoms with Gasteiger partial charge in [0.2, 0.25) is 6.29 Å².